The second kappa shape index (κ2) is 8.38. The minimum atomic E-state index is -0.853. The number of aromatic nitrogens is 3. The van der Waals surface area contributed by atoms with Crippen molar-refractivity contribution in [2.75, 3.05) is 20.3 Å². The summed E-state index contributed by atoms with van der Waals surface area (Å²) < 4.78 is 41.3. The second-order valence-corrected chi connectivity index (χ2v) is 11.2. The molecule has 2 aromatic carbocycles. The van der Waals surface area contributed by atoms with E-state index in [0.29, 0.717) is 24.8 Å². The van der Waals surface area contributed by atoms with Crippen LogP contribution in [0.1, 0.15) is 61.6 Å². The molecular formula is C29H29F2N3O3. The lowest BCUT2D eigenvalue weighted by Gasteiger charge is -2.57. The van der Waals surface area contributed by atoms with E-state index >= 15 is 0 Å². The minimum Gasteiger partial charge on any atom is -0.469 e. The molecule has 1 aliphatic heterocycles. The summed E-state index contributed by atoms with van der Waals surface area (Å²) in [6, 6.07) is 8.44. The lowest BCUT2D eigenvalue weighted by Crippen LogP contribution is -2.49. The first-order valence-electron chi connectivity index (χ1n) is 13.1. The zero-order valence-corrected chi connectivity index (χ0v) is 20.7. The molecular weight excluding hydrogens is 476 g/mol. The summed E-state index contributed by atoms with van der Waals surface area (Å²) in [5.41, 5.74) is 5.26. The maximum Gasteiger partial charge on any atom is 0.308 e. The predicted octanol–water partition coefficient (Wildman–Crippen LogP) is 6.13. The Hall–Kier alpha value is -3.26. The molecule has 0 radical (unpaired) electrons. The molecule has 0 bridgehead atoms. The van der Waals surface area contributed by atoms with E-state index in [2.05, 4.69) is 26.9 Å². The van der Waals surface area contributed by atoms with Crippen LogP contribution in [-0.2, 0) is 14.3 Å². The molecule has 192 valence electrons. The van der Waals surface area contributed by atoms with Crippen LogP contribution in [-0.4, -0.2) is 41.1 Å². The molecule has 2 aromatic heterocycles. The van der Waals surface area contributed by atoms with E-state index in [1.165, 1.54) is 30.5 Å². The summed E-state index contributed by atoms with van der Waals surface area (Å²) >= 11 is 0. The van der Waals surface area contributed by atoms with Crippen LogP contribution >= 0.6 is 0 Å². The topological polar surface area (TPSA) is 69.1 Å². The number of halogens is 2. The maximum absolute atomic E-state index is 14.5. The Balaban J connectivity index is 1.40. The van der Waals surface area contributed by atoms with Gasteiger partial charge >= 0.3 is 5.97 Å². The third-order valence-electron chi connectivity index (χ3n) is 9.03. The van der Waals surface area contributed by atoms with E-state index in [9.17, 15) is 13.6 Å². The molecule has 1 N–H and O–H groups in total. The molecule has 6 nitrogen and oxygen atoms in total. The number of hydrogen-bond donors (Lipinski definition) is 1. The van der Waals surface area contributed by atoms with Crippen LogP contribution in [0.2, 0.25) is 0 Å². The van der Waals surface area contributed by atoms with Gasteiger partial charge in [-0.25, -0.2) is 8.78 Å². The van der Waals surface area contributed by atoms with Crippen molar-refractivity contribution in [2.24, 2.45) is 11.3 Å². The summed E-state index contributed by atoms with van der Waals surface area (Å²) in [6.07, 6.45) is 7.38. The number of nitrogens with zero attached hydrogens (tertiary/aromatic N) is 2. The zero-order chi connectivity index (χ0) is 25.3. The van der Waals surface area contributed by atoms with Gasteiger partial charge in [-0.3, -0.25) is 9.89 Å². The van der Waals surface area contributed by atoms with Gasteiger partial charge in [0, 0.05) is 47.4 Å². The maximum atomic E-state index is 14.5. The van der Waals surface area contributed by atoms with E-state index in [0.717, 1.165) is 60.3 Å². The van der Waals surface area contributed by atoms with Gasteiger partial charge in [-0.15, -0.1) is 0 Å². The number of aromatic amines is 1. The smallest absolute Gasteiger partial charge is 0.308 e. The van der Waals surface area contributed by atoms with Gasteiger partial charge < -0.3 is 14.0 Å². The normalized spacial score (nSPS) is 25.9. The van der Waals surface area contributed by atoms with Crippen LogP contribution in [0, 0.1) is 23.0 Å². The quantitative estimate of drug-likeness (QED) is 0.339. The summed E-state index contributed by atoms with van der Waals surface area (Å²) in [4.78, 5) is 12.0. The first-order chi connectivity index (χ1) is 18.0. The average Bonchev–Trinajstić information content (AvgIpc) is 3.45. The second-order valence-electron chi connectivity index (χ2n) is 11.2. The van der Waals surface area contributed by atoms with Crippen molar-refractivity contribution in [3.63, 3.8) is 0 Å². The van der Waals surface area contributed by atoms with Gasteiger partial charge in [-0.05, 0) is 79.7 Å². The molecule has 0 unspecified atom stereocenters. The highest BCUT2D eigenvalue weighted by Crippen LogP contribution is 2.65. The van der Waals surface area contributed by atoms with Crippen LogP contribution in [0.4, 0.5) is 8.78 Å². The Morgan fingerprint density at radius 1 is 1.08 bits per heavy atom. The van der Waals surface area contributed by atoms with Crippen molar-refractivity contribution >= 4 is 27.8 Å². The lowest BCUT2D eigenvalue weighted by molar-refractivity contribution is -0.159. The molecule has 2 aliphatic carbocycles. The number of carbonyl (C=O) groups is 1. The number of ether oxygens (including phenoxy) is 2. The number of hydrogen-bond acceptors (Lipinski definition) is 4. The predicted molar refractivity (Wildman–Crippen MR) is 135 cm³/mol. The third kappa shape index (κ3) is 3.52. The van der Waals surface area contributed by atoms with Crippen LogP contribution in [0.3, 0.4) is 0 Å². The van der Waals surface area contributed by atoms with Crippen molar-refractivity contribution in [1.29, 1.82) is 0 Å². The Labute approximate surface area is 212 Å². The van der Waals surface area contributed by atoms with Gasteiger partial charge in [0.1, 0.15) is 0 Å². The Kier molecular flexibility index (Phi) is 5.19. The number of methoxy groups -OCH3 is 1. The van der Waals surface area contributed by atoms with Crippen LogP contribution in [0.25, 0.3) is 27.5 Å². The number of nitrogens with one attached hydrogen (secondary N) is 1. The Morgan fingerprint density at radius 2 is 1.86 bits per heavy atom. The monoisotopic (exact) mass is 505 g/mol. The molecule has 37 heavy (non-hydrogen) atoms. The fourth-order valence-corrected chi connectivity index (χ4v) is 7.32. The number of esters is 1. The molecule has 3 fully saturated rings. The highest BCUT2D eigenvalue weighted by molar-refractivity contribution is 5.99. The van der Waals surface area contributed by atoms with E-state index in [1.54, 1.807) is 12.3 Å². The van der Waals surface area contributed by atoms with E-state index in [1.807, 2.05) is 0 Å². The molecule has 4 aromatic rings. The average molecular weight is 506 g/mol. The zero-order valence-electron chi connectivity index (χ0n) is 20.7. The summed E-state index contributed by atoms with van der Waals surface area (Å²) in [7, 11) is 1.46. The van der Waals surface area contributed by atoms with Crippen LogP contribution in [0.15, 0.2) is 36.5 Å². The minimum absolute atomic E-state index is 0.00839. The molecule has 3 heterocycles. The number of fused-ring (bicyclic) bond motifs is 2. The molecule has 1 saturated heterocycles. The highest BCUT2D eigenvalue weighted by Gasteiger charge is 2.56. The van der Waals surface area contributed by atoms with Crippen molar-refractivity contribution in [3.05, 3.63) is 59.4 Å². The largest absolute Gasteiger partial charge is 0.469 e. The summed E-state index contributed by atoms with van der Waals surface area (Å²) in [6.45, 7) is 1.37. The fourth-order valence-electron chi connectivity index (χ4n) is 7.32. The van der Waals surface area contributed by atoms with Crippen molar-refractivity contribution in [3.8, 4) is 5.69 Å². The van der Waals surface area contributed by atoms with Gasteiger partial charge in [0.2, 0.25) is 0 Å². The number of rotatable bonds is 4. The van der Waals surface area contributed by atoms with Gasteiger partial charge in [0.25, 0.3) is 0 Å². The van der Waals surface area contributed by atoms with E-state index < -0.39 is 11.6 Å². The third-order valence-corrected chi connectivity index (χ3v) is 9.03. The van der Waals surface area contributed by atoms with Crippen LogP contribution < -0.4 is 0 Å². The molecule has 0 atom stereocenters. The standard InChI is InChI=1S/C29H29F2N3O3/c1-36-28(35)19-13-29(14-19)11-18(12-29)26-21-10-24-17(15-32-33-24)8-25(21)34(20-2-3-22(30)23(31)9-20)27(26)16-4-6-37-7-5-16/h2-3,8-10,15-16,18-19H,4-7,11-14H2,1H3,(H,32,33). The lowest BCUT2D eigenvalue weighted by atomic mass is 9.47. The molecule has 2 saturated carbocycles. The van der Waals surface area contributed by atoms with Gasteiger partial charge in [-0.1, -0.05) is 0 Å². The number of carbonyl (C=O) groups excluding carboxylic acids is 1. The molecule has 0 amide bonds. The van der Waals surface area contributed by atoms with Crippen molar-refractivity contribution in [1.82, 2.24) is 14.8 Å². The van der Waals surface area contributed by atoms with Crippen molar-refractivity contribution in [2.45, 2.75) is 50.4 Å². The summed E-state index contributed by atoms with van der Waals surface area (Å²) in [5, 5.41) is 9.44. The van der Waals surface area contributed by atoms with Gasteiger partial charge in [0.15, 0.2) is 11.6 Å². The number of benzene rings is 2. The Bertz CT molecular complexity index is 1520. The molecule has 3 aliphatic rings. The Morgan fingerprint density at radius 3 is 2.59 bits per heavy atom. The highest BCUT2D eigenvalue weighted by atomic mass is 19.2. The molecule has 7 rings (SSSR count). The first-order valence-corrected chi connectivity index (χ1v) is 13.1. The molecule has 1 spiro atoms. The first kappa shape index (κ1) is 22.9. The number of H-pyrrole nitrogens is 1. The fraction of sp³-hybridized carbons (Fsp3) is 0.448. The van der Waals surface area contributed by atoms with Crippen LogP contribution in [0.5, 0.6) is 0 Å². The SMILES string of the molecule is COC(=O)C1CC2(C1)CC(c1c(C3CCOCC3)n(-c3ccc(F)c(F)c3)c3cc4cn[nH]c4cc13)C2. The van der Waals surface area contributed by atoms with E-state index in [4.69, 9.17) is 9.47 Å². The van der Waals surface area contributed by atoms with Gasteiger partial charge in [0.05, 0.1) is 30.3 Å². The molecule has 8 heteroatoms. The summed E-state index contributed by atoms with van der Waals surface area (Å²) in [5.74, 6) is -1.21. The van der Waals surface area contributed by atoms with E-state index in [-0.39, 0.29) is 23.2 Å². The van der Waals surface area contributed by atoms with Gasteiger partial charge in [-0.2, -0.15) is 5.10 Å². The van der Waals surface area contributed by atoms with Crippen molar-refractivity contribution < 1.29 is 23.0 Å².